The van der Waals surface area contributed by atoms with Gasteiger partial charge in [-0.2, -0.15) is 0 Å². The zero-order chi connectivity index (χ0) is 35.6. The second-order valence-corrected chi connectivity index (χ2v) is 8.02. The predicted octanol–water partition coefficient (Wildman–Crippen LogP) is -3.67. The predicted molar refractivity (Wildman–Crippen MR) is 116 cm³/mol. The van der Waals surface area contributed by atoms with Gasteiger partial charge in [0.15, 0.2) is 36.8 Å². The van der Waals surface area contributed by atoms with Crippen molar-refractivity contribution in [3.8, 4) is 0 Å². The van der Waals surface area contributed by atoms with Crippen molar-refractivity contribution in [1.29, 1.82) is 0 Å². The molecule has 2 saturated heterocycles. The molecule has 0 aromatic rings. The van der Waals surface area contributed by atoms with Crippen molar-refractivity contribution in [3.63, 3.8) is 0 Å². The highest BCUT2D eigenvalue weighted by Crippen LogP contribution is 2.35. The lowest BCUT2D eigenvalue weighted by Gasteiger charge is -2.47. The van der Waals surface area contributed by atoms with E-state index in [0.29, 0.717) is 0 Å². The summed E-state index contributed by atoms with van der Waals surface area (Å²) in [7, 11) is 0. The first kappa shape index (κ1) is 36.7. The van der Waals surface area contributed by atoms with Gasteiger partial charge in [-0.25, -0.2) is 0 Å². The number of hydrogen-bond acceptors (Lipinski definition) is 27. The van der Waals surface area contributed by atoms with Crippen LogP contribution in [0.25, 0.3) is 0 Å². The molecule has 0 spiro atoms. The van der Waals surface area contributed by atoms with Gasteiger partial charge in [0.2, 0.25) is 6.29 Å². The third kappa shape index (κ3) is 10.9. The minimum atomic E-state index is -2.80. The molecule has 2 aliphatic heterocycles. The molecule has 0 amide bonds. The van der Waals surface area contributed by atoms with Gasteiger partial charge in [0.05, 0.1) is 0 Å². The van der Waals surface area contributed by atoms with Gasteiger partial charge in [-0.15, -0.1) is 80.9 Å². The highest BCUT2D eigenvalue weighted by Gasteiger charge is 2.58. The molecule has 35 heteroatoms. The van der Waals surface area contributed by atoms with Crippen molar-refractivity contribution < 1.29 is 93.6 Å². The fourth-order valence-electron chi connectivity index (χ4n) is 3.98. The molecule has 2 fully saturated rings. The van der Waals surface area contributed by atoms with E-state index in [2.05, 4.69) is 38.7 Å². The average molecular weight is 702 g/mol. The second-order valence-electron chi connectivity index (χ2n) is 8.02. The Labute approximate surface area is 250 Å². The lowest BCUT2D eigenvalue weighted by molar-refractivity contribution is -0.832. The maximum Gasteiger partial charge on any atom is 0.297 e. The normalized spacial score (nSPS) is 29.9. The van der Waals surface area contributed by atoms with Crippen LogP contribution in [-0.4, -0.2) is 115 Å². The highest BCUT2D eigenvalue weighted by molar-refractivity contribution is 4.95. The molecule has 0 saturated carbocycles. The number of ether oxygens (including phenoxy) is 3. The van der Waals surface area contributed by atoms with Gasteiger partial charge >= 0.3 is 0 Å². The van der Waals surface area contributed by atoms with E-state index in [0.717, 1.165) is 0 Å². The molecule has 0 aliphatic carbocycles. The van der Waals surface area contributed by atoms with E-state index in [1.54, 1.807) is 0 Å². The van der Waals surface area contributed by atoms with E-state index >= 15 is 0 Å². The van der Waals surface area contributed by atoms with Crippen LogP contribution < -0.4 is 0 Å². The van der Waals surface area contributed by atoms with Crippen LogP contribution in [0.3, 0.4) is 0 Å². The molecule has 35 nitrogen and oxygen atoms in total. The first-order valence-electron chi connectivity index (χ1n) is 11.3. The molecule has 2 rings (SSSR count). The zero-order valence-electron chi connectivity index (χ0n) is 21.8. The summed E-state index contributed by atoms with van der Waals surface area (Å²) in [5.41, 5.74) is 0. The quantitative estimate of drug-likeness (QED) is 0.0870. The Morgan fingerprint density at radius 2 is 0.702 bits per heavy atom. The van der Waals surface area contributed by atoms with Crippen LogP contribution in [0.4, 0.5) is 0 Å². The second kappa shape index (κ2) is 16.0. The Hall–Kier alpha value is -6.52. The third-order valence-electron chi connectivity index (χ3n) is 5.39. The molecule has 0 radical (unpaired) electrons. The van der Waals surface area contributed by atoms with Crippen molar-refractivity contribution in [2.45, 2.75) is 61.4 Å². The topological polar surface area (TPSA) is 447 Å². The molecule has 2 aliphatic rings. The van der Waals surface area contributed by atoms with Crippen molar-refractivity contribution in [1.82, 2.24) is 0 Å². The highest BCUT2D eigenvalue weighted by atomic mass is 17.0. The van der Waals surface area contributed by atoms with E-state index < -0.39 is 115 Å². The van der Waals surface area contributed by atoms with Crippen LogP contribution in [0.1, 0.15) is 0 Å². The average Bonchev–Trinajstić information content (AvgIpc) is 2.91. The van der Waals surface area contributed by atoms with E-state index in [4.69, 9.17) is 14.2 Å². The molecule has 0 bridgehead atoms. The minimum absolute atomic E-state index is 1.47. The zero-order valence-corrected chi connectivity index (χ0v) is 21.8. The summed E-state index contributed by atoms with van der Waals surface area (Å²) in [6, 6.07) is 0. The first-order valence-corrected chi connectivity index (χ1v) is 11.3. The third-order valence-corrected chi connectivity index (χ3v) is 5.39. The molecular formula is C12H14N8O27. The summed E-state index contributed by atoms with van der Waals surface area (Å²) in [5.74, 6) is 0. The monoisotopic (exact) mass is 702 g/mol. The van der Waals surface area contributed by atoms with Crippen LogP contribution in [-0.2, 0) is 52.9 Å². The van der Waals surface area contributed by atoms with Crippen molar-refractivity contribution in [2.24, 2.45) is 0 Å². The minimum Gasteiger partial charge on any atom is -0.343 e. The van der Waals surface area contributed by atoms with Crippen LogP contribution >= 0.6 is 0 Å². The maximum atomic E-state index is 11.3. The van der Waals surface area contributed by atoms with E-state index in [1.807, 2.05) is 0 Å². The van der Waals surface area contributed by atoms with Gasteiger partial charge in [0.1, 0.15) is 31.5 Å². The molecule has 0 aromatic carbocycles. The lowest BCUT2D eigenvalue weighted by atomic mass is 9.96. The maximum absolute atomic E-state index is 11.3. The Kier molecular flexibility index (Phi) is 12.5. The van der Waals surface area contributed by atoms with Gasteiger partial charge in [0.25, 0.3) is 40.7 Å². The Morgan fingerprint density at radius 3 is 1.11 bits per heavy atom. The van der Waals surface area contributed by atoms with Crippen molar-refractivity contribution in [2.75, 3.05) is 13.2 Å². The number of nitrogens with zero attached hydrogens (tertiary/aromatic N) is 8. The fraction of sp³-hybridized carbons (Fsp3) is 1.00. The summed E-state index contributed by atoms with van der Waals surface area (Å²) in [6.07, 6.45) is -26.5. The van der Waals surface area contributed by atoms with Crippen LogP contribution in [0.15, 0.2) is 0 Å². The summed E-state index contributed by atoms with van der Waals surface area (Å²) in [4.78, 5) is 122. The molecule has 0 unspecified atom stereocenters. The molecule has 47 heavy (non-hydrogen) atoms. The molecule has 10 atom stereocenters. The van der Waals surface area contributed by atoms with Gasteiger partial charge in [0, 0.05) is 0 Å². The van der Waals surface area contributed by atoms with E-state index in [1.165, 1.54) is 0 Å². The number of hydrogen-bond donors (Lipinski definition) is 0. The van der Waals surface area contributed by atoms with Gasteiger partial charge in [-0.1, -0.05) is 0 Å². The standard InChI is InChI=1S/C12H14N8O27/c21-13(22)37-1-3-5(7(43-16(27)28)10(46-19(33)34)12(40-3)47-20(35)36)41-11-9(45-18(31)32)8(44-17(29)30)6(42-15(25)26)4(39-11)2-38-14(23)24/h3-12H,1-2H2/t3-,4+,5+,6+,7+,8-,9+,10+,11-,12+/m0/s1. The summed E-state index contributed by atoms with van der Waals surface area (Å²) in [5, 5.41) is 75.3. The molecule has 2 heterocycles. The molecule has 0 aromatic heterocycles. The van der Waals surface area contributed by atoms with Gasteiger partial charge in [-0.05, 0) is 0 Å². The van der Waals surface area contributed by atoms with Gasteiger partial charge < -0.3 is 48.1 Å². The Bertz CT molecular complexity index is 1220. The summed E-state index contributed by atoms with van der Waals surface area (Å²) >= 11 is 0. The number of rotatable bonds is 20. The van der Waals surface area contributed by atoms with E-state index in [-0.39, 0.29) is 0 Å². The van der Waals surface area contributed by atoms with Crippen molar-refractivity contribution in [3.05, 3.63) is 80.9 Å². The molecule has 0 N–H and O–H groups in total. The SMILES string of the molecule is O=[N+]([O-])OC[C@@H]1O[C@H](O[N+](=O)[O-])[C@H](O[N+](=O)[O-])[C@H](O[N+](=O)[O-])[C@@H]1O[C@@H]1O[C@H](CO[N+](=O)[O-])[C@@H](O[N+](=O)[O-])[C@H](O[N+](=O)[O-])[C@H]1O[N+](=O)[O-]. The van der Waals surface area contributed by atoms with Gasteiger partial charge in [-0.3, -0.25) is 4.84 Å². The van der Waals surface area contributed by atoms with Crippen LogP contribution in [0.2, 0.25) is 0 Å². The first-order chi connectivity index (χ1) is 21.9. The smallest absolute Gasteiger partial charge is 0.297 e. The van der Waals surface area contributed by atoms with E-state index in [9.17, 15) is 80.9 Å². The largest absolute Gasteiger partial charge is 0.343 e. The summed E-state index contributed by atoms with van der Waals surface area (Å²) < 4.78 is 15.4. The Balaban J connectivity index is 2.73. The van der Waals surface area contributed by atoms with Crippen LogP contribution in [0, 0.1) is 80.9 Å². The lowest BCUT2D eigenvalue weighted by Crippen LogP contribution is -2.67. The molecular weight excluding hydrogens is 688 g/mol. The molecule has 264 valence electrons. The summed E-state index contributed by atoms with van der Waals surface area (Å²) in [6.45, 7) is -2.95. The Morgan fingerprint density at radius 1 is 0.383 bits per heavy atom. The fourth-order valence-corrected chi connectivity index (χ4v) is 3.98. The van der Waals surface area contributed by atoms with Crippen molar-refractivity contribution >= 4 is 0 Å². The van der Waals surface area contributed by atoms with Crippen LogP contribution in [0.5, 0.6) is 0 Å².